The minimum Gasteiger partial charge on any atom is -0.490 e. The largest absolute Gasteiger partial charge is 0.490 e. The smallest absolute Gasteiger partial charge is 0.326 e. The lowest BCUT2D eigenvalue weighted by Crippen LogP contribution is -2.39. The fourth-order valence-corrected chi connectivity index (χ4v) is 43.2. The molecule has 5 aliphatic carbocycles. The molecular formula is C98H34O10S8. The average Bonchev–Trinajstić information content (AvgIpc) is 1.35. The molecule has 0 saturated heterocycles. The van der Waals surface area contributed by atoms with Crippen molar-refractivity contribution in [1.29, 1.82) is 0 Å². The Morgan fingerprint density at radius 3 is 0.784 bits per heavy atom. The molecule has 116 heavy (non-hydrogen) atoms. The fraction of sp³-hybridized carbons (Fsp3) is 0.163. The Kier molecular flexibility index (Phi) is 7.78. The zero-order valence-corrected chi connectivity index (χ0v) is 66.6. The van der Waals surface area contributed by atoms with Crippen molar-refractivity contribution in [2.45, 2.75) is 31.1 Å². The standard InChI is InChI=1S/C98H34O10S8/c1-3-103-26(99)19-27(100)107-11-9-105-20-5-7-22-24(17-20)28(88-113-90-91(114-88)110-14-13-109-90)23-8-6-21(18-25(23)29(22)89-115-92-93(116-89)112-16-15-111-92)106-10-12-108-95(102)98(94(101)104-4-2)96-84-76-68-58-48-40-32-30-31-34-38-36(32)44-52-46(38)56-50-42(34)43-35(31)39-37-33(30)41(40)49-55-45(37)53-47(39)57-51(43)61-60(50)70-64(56)74-66(52)72(62(68)54(44)48)80(84)82(74)86-78(70)79-71(61)65(57)75-67(53)73-63(55)69(59(49)58)77(76)85(96)81(73)83(75)87(79)97(86,96)98/h5-8,17-18H,3-4,9-16,19H2,1-2H3. The first-order valence-electron chi connectivity index (χ1n) is 40.5. The van der Waals surface area contributed by atoms with Crippen molar-refractivity contribution in [1.82, 2.24) is 0 Å². The Bertz CT molecular complexity index is 9600. The van der Waals surface area contributed by atoms with Crippen molar-refractivity contribution in [3.05, 3.63) is 86.0 Å². The van der Waals surface area contributed by atoms with Crippen LogP contribution in [0.1, 0.15) is 42.5 Å². The molecule has 0 aromatic heterocycles. The Morgan fingerprint density at radius 1 is 0.276 bits per heavy atom. The summed E-state index contributed by atoms with van der Waals surface area (Å²) in [6.45, 7) is 3.96. The van der Waals surface area contributed by atoms with Crippen molar-refractivity contribution in [3.63, 3.8) is 0 Å². The Morgan fingerprint density at radius 2 is 0.517 bits per heavy atom. The molecule has 4 aliphatic heterocycles. The molecule has 0 bridgehead atoms. The van der Waals surface area contributed by atoms with Crippen LogP contribution >= 0.6 is 94.1 Å². The summed E-state index contributed by atoms with van der Waals surface area (Å²) in [6, 6.07) is 12.9. The third kappa shape index (κ3) is 4.38. The van der Waals surface area contributed by atoms with E-state index >= 15 is 9.59 Å². The van der Waals surface area contributed by atoms with E-state index < -0.39 is 46.5 Å². The highest BCUT2D eigenvalue weighted by atomic mass is 32.3. The summed E-state index contributed by atoms with van der Waals surface area (Å²) in [6.07, 6.45) is -0.451. The van der Waals surface area contributed by atoms with Crippen LogP contribution in [0.2, 0.25) is 0 Å². The number of ether oxygens (including phenoxy) is 6. The van der Waals surface area contributed by atoms with Gasteiger partial charge in [-0.25, -0.2) is 0 Å². The van der Waals surface area contributed by atoms with Gasteiger partial charge in [-0.2, -0.15) is 0 Å². The number of benzene rings is 21. The molecule has 0 radical (unpaired) electrons. The summed E-state index contributed by atoms with van der Waals surface area (Å²) in [5.41, 5.74) is 0.538. The number of thioether (sulfide) groups is 8. The SMILES string of the molecule is CCOC(=O)CC(=O)OCCOc1ccc2c(=C3SC4=C(SCCS4)S3)c3cc(OCCOC(=O)C4(C(=O)OCC)C56c7c8c9c%10c%11c%12c(c%13c%14c5c5c7c7c%15c8c8c9c9c%11c%11c%16c%12c%12c%13c%13c%14c%14c5c5c7c7c%15c%15c8c8c9c%11c9c%11c%16c%12c%12c%13c%13c%14c5c5c7c7c%15c8c9c8c%11c%12c%13c5c78)C%1046)ccc3c(=C3SC4=C(SCCS4)S3)c2c1. The van der Waals surface area contributed by atoms with Gasteiger partial charge in [0.25, 0.3) is 0 Å². The molecule has 0 amide bonds. The molecule has 0 atom stereocenters. The summed E-state index contributed by atoms with van der Waals surface area (Å²) in [5.74, 6) is 3.29. The van der Waals surface area contributed by atoms with E-state index in [0.29, 0.717) is 11.5 Å². The van der Waals surface area contributed by atoms with Gasteiger partial charge in [0, 0.05) is 33.4 Å². The molecule has 1 saturated carbocycles. The molecule has 40 rings (SSSR count). The zero-order valence-electron chi connectivity index (χ0n) is 60.1. The molecule has 1 fully saturated rings. The van der Waals surface area contributed by atoms with Crippen molar-refractivity contribution < 1.29 is 47.6 Å². The minimum atomic E-state index is -1.88. The normalized spacial score (nSPS) is 21.8. The van der Waals surface area contributed by atoms with Crippen LogP contribution in [0.4, 0.5) is 0 Å². The van der Waals surface area contributed by atoms with E-state index in [9.17, 15) is 9.59 Å². The van der Waals surface area contributed by atoms with Crippen molar-refractivity contribution in [2.24, 2.45) is 5.41 Å². The predicted molar refractivity (Wildman–Crippen MR) is 489 cm³/mol. The van der Waals surface area contributed by atoms with Crippen LogP contribution in [-0.4, -0.2) is 86.5 Å². The van der Waals surface area contributed by atoms with E-state index in [1.54, 1.807) is 17.7 Å². The first-order chi connectivity index (χ1) is 57.3. The second-order valence-corrected chi connectivity index (χ2v) is 45.5. The van der Waals surface area contributed by atoms with Crippen LogP contribution in [-0.2, 0) is 49.0 Å². The lowest BCUT2D eigenvalue weighted by molar-refractivity contribution is -0.167. The third-order valence-electron chi connectivity index (χ3n) is 32.7. The highest BCUT2D eigenvalue weighted by molar-refractivity contribution is 8.47. The second kappa shape index (κ2) is 16.0. The molecule has 9 aliphatic rings. The number of carbonyl (C=O) groups excluding carboxylic acids is 4. The highest BCUT2D eigenvalue weighted by Gasteiger charge is 3.01. The van der Waals surface area contributed by atoms with Gasteiger partial charge in [0.05, 0.1) is 49.5 Å². The highest BCUT2D eigenvalue weighted by Crippen LogP contribution is 2.97. The van der Waals surface area contributed by atoms with E-state index in [2.05, 4.69) is 30.3 Å². The van der Waals surface area contributed by atoms with Gasteiger partial charge in [-0.1, -0.05) is 47.0 Å². The van der Waals surface area contributed by atoms with E-state index in [0.717, 1.165) is 55.0 Å². The van der Waals surface area contributed by atoms with E-state index in [-0.39, 0.29) is 39.6 Å². The molecule has 0 unspecified atom stereocenters. The number of rotatable bonds is 14. The molecule has 534 valence electrons. The molecule has 31 aromatic rings. The summed E-state index contributed by atoms with van der Waals surface area (Å²) in [4.78, 5) is 60.6. The number of esters is 4. The minimum absolute atomic E-state index is 0.0259. The van der Waals surface area contributed by atoms with Gasteiger partial charge in [-0.05, 0) is 385 Å². The van der Waals surface area contributed by atoms with E-state index in [1.165, 1.54) is 328 Å². The molecule has 4 heterocycles. The summed E-state index contributed by atoms with van der Waals surface area (Å²) in [7, 11) is 0. The zero-order chi connectivity index (χ0) is 73.3. The van der Waals surface area contributed by atoms with Crippen LogP contribution in [0, 0.1) is 5.41 Å². The van der Waals surface area contributed by atoms with Gasteiger partial charge in [-0.3, -0.25) is 19.2 Å². The second-order valence-electron chi connectivity index (χ2n) is 35.4. The van der Waals surface area contributed by atoms with Crippen LogP contribution in [0.5, 0.6) is 11.5 Å². The van der Waals surface area contributed by atoms with Crippen molar-refractivity contribution in [3.8, 4) is 11.5 Å². The first-order valence-corrected chi connectivity index (χ1v) is 47.7. The molecule has 2 spiro atoms. The topological polar surface area (TPSA) is 124 Å². The van der Waals surface area contributed by atoms with Gasteiger partial charge in [0.15, 0.2) is 5.41 Å². The van der Waals surface area contributed by atoms with Crippen LogP contribution in [0.3, 0.4) is 0 Å². The lowest BCUT2D eigenvalue weighted by atomic mass is 9.68. The summed E-state index contributed by atoms with van der Waals surface area (Å²) < 4.78 is 46.1. The average molecular weight is 1630 g/mol. The molecular weight excluding hydrogens is 1590 g/mol. The van der Waals surface area contributed by atoms with Crippen molar-refractivity contribution >= 4 is 439 Å². The van der Waals surface area contributed by atoms with Crippen LogP contribution in [0.15, 0.2) is 53.3 Å². The van der Waals surface area contributed by atoms with Crippen LogP contribution in [0.25, 0.3) is 321 Å². The number of carbonyl (C=O) groups is 4. The summed E-state index contributed by atoms with van der Waals surface area (Å²) >= 11 is 15.2. The quantitative estimate of drug-likeness (QED) is 0.0256. The number of hydrogen-bond acceptors (Lipinski definition) is 18. The van der Waals surface area contributed by atoms with Gasteiger partial charge in [-0.15, -0.1) is 47.0 Å². The first kappa shape index (κ1) is 56.5. The van der Waals surface area contributed by atoms with E-state index in [1.807, 2.05) is 107 Å². The number of fused-ring (bicyclic) bond motifs is 2. The molecule has 31 aromatic carbocycles. The van der Waals surface area contributed by atoms with E-state index in [4.69, 9.17) is 28.4 Å². The van der Waals surface area contributed by atoms with Crippen LogP contribution < -0.4 is 19.9 Å². The third-order valence-corrected chi connectivity index (χ3v) is 44.3. The van der Waals surface area contributed by atoms with Crippen molar-refractivity contribution in [2.75, 3.05) is 62.7 Å². The predicted octanol–water partition coefficient (Wildman–Crippen LogP) is 24.0. The Balaban J connectivity index is 0.578. The fourth-order valence-electron chi connectivity index (χ4n) is 31.0. The maximum atomic E-state index is 18.1. The Hall–Kier alpha value is -9.86. The maximum Gasteiger partial charge on any atom is 0.326 e. The number of hydrogen-bond donors (Lipinski definition) is 0. The molecule has 10 nitrogen and oxygen atoms in total. The maximum absolute atomic E-state index is 18.1. The van der Waals surface area contributed by atoms with Gasteiger partial charge in [0.1, 0.15) is 44.3 Å². The Labute approximate surface area is 677 Å². The molecule has 18 heteroatoms. The monoisotopic (exact) mass is 1630 g/mol. The molecule has 0 N–H and O–H groups in total. The van der Waals surface area contributed by atoms with Gasteiger partial charge in [0.2, 0.25) is 0 Å². The summed E-state index contributed by atoms with van der Waals surface area (Å²) in [5, 5.41) is 84.5. The lowest BCUT2D eigenvalue weighted by Gasteiger charge is -2.32. The van der Waals surface area contributed by atoms with Gasteiger partial charge < -0.3 is 28.4 Å². The van der Waals surface area contributed by atoms with Gasteiger partial charge >= 0.3 is 23.9 Å².